The normalized spacial score (nSPS) is 13.1. The quantitative estimate of drug-likeness (QED) is 0.0211. The molecule has 0 bridgehead atoms. The van der Waals surface area contributed by atoms with Crippen LogP contribution in [0.4, 0.5) is 0 Å². The fraction of sp³-hybridized carbons (Fsp3) is 0.817. The maximum atomic E-state index is 12.8. The second kappa shape index (κ2) is 51.6. The maximum Gasteiger partial charge on any atom is 0.361 e. The van der Waals surface area contributed by atoms with Crippen molar-refractivity contribution in [3.63, 3.8) is 0 Å². The van der Waals surface area contributed by atoms with E-state index < -0.39 is 24.3 Å². The lowest BCUT2D eigenvalue weighted by Crippen LogP contribution is -2.40. The summed E-state index contributed by atoms with van der Waals surface area (Å²) in [5.74, 6) is -2.04. The van der Waals surface area contributed by atoms with Gasteiger partial charge in [0.05, 0.1) is 34.4 Å². The molecule has 0 aromatic carbocycles. The molecular weight excluding hydrogens is 863 g/mol. The molecule has 0 aliphatic carbocycles. The van der Waals surface area contributed by atoms with E-state index in [0.29, 0.717) is 23.9 Å². The Morgan fingerprint density at radius 2 is 0.826 bits per heavy atom. The van der Waals surface area contributed by atoms with Crippen LogP contribution >= 0.6 is 0 Å². The molecule has 0 radical (unpaired) electrons. The van der Waals surface area contributed by atoms with Crippen molar-refractivity contribution in [3.05, 3.63) is 48.6 Å². The SMILES string of the molecule is CC/C=C\C/C=C\C/C=C\CCCCCC(=O)OC(COC(=O)CCCCCCCCCCCCCCCCCCCCC/C=C\CCCCCCCCCC)COC(OCC[N+](C)(C)C)C(=O)O. The van der Waals surface area contributed by atoms with Crippen LogP contribution in [0, 0.1) is 0 Å². The molecule has 1 N–H and O–H groups in total. The largest absolute Gasteiger partial charge is 0.477 e. The van der Waals surface area contributed by atoms with Crippen molar-refractivity contribution in [1.29, 1.82) is 0 Å². The minimum absolute atomic E-state index is 0.182. The lowest BCUT2D eigenvalue weighted by molar-refractivity contribution is -0.870. The molecule has 0 fully saturated rings. The summed E-state index contributed by atoms with van der Waals surface area (Å²) in [5, 5.41) is 9.67. The number of hydrogen-bond acceptors (Lipinski definition) is 7. The van der Waals surface area contributed by atoms with Gasteiger partial charge in [-0.05, 0) is 70.6 Å². The predicted molar refractivity (Wildman–Crippen MR) is 290 cm³/mol. The fourth-order valence-electron chi connectivity index (χ4n) is 8.14. The Morgan fingerprint density at radius 1 is 0.449 bits per heavy atom. The van der Waals surface area contributed by atoms with Crippen molar-refractivity contribution in [2.75, 3.05) is 47.5 Å². The highest BCUT2D eigenvalue weighted by Gasteiger charge is 2.25. The summed E-state index contributed by atoms with van der Waals surface area (Å²) in [6, 6.07) is 0. The Labute approximate surface area is 425 Å². The first-order chi connectivity index (χ1) is 33.6. The van der Waals surface area contributed by atoms with Crippen LogP contribution in [0.2, 0.25) is 0 Å². The zero-order chi connectivity index (χ0) is 50.6. The fourth-order valence-corrected chi connectivity index (χ4v) is 8.14. The van der Waals surface area contributed by atoms with Crippen molar-refractivity contribution in [2.45, 2.75) is 270 Å². The molecule has 402 valence electrons. The van der Waals surface area contributed by atoms with Crippen molar-refractivity contribution in [2.24, 2.45) is 0 Å². The Bertz CT molecular complexity index is 1270. The van der Waals surface area contributed by atoms with Gasteiger partial charge in [-0.25, -0.2) is 4.79 Å². The third-order valence-corrected chi connectivity index (χ3v) is 12.6. The number of likely N-dealkylation sites (N-methyl/N-ethyl adjacent to an activating group) is 1. The topological polar surface area (TPSA) is 108 Å². The Morgan fingerprint density at radius 3 is 1.26 bits per heavy atom. The van der Waals surface area contributed by atoms with Crippen LogP contribution in [0.25, 0.3) is 0 Å². The predicted octanol–water partition coefficient (Wildman–Crippen LogP) is 16.7. The van der Waals surface area contributed by atoms with E-state index in [1.165, 1.54) is 167 Å². The van der Waals surface area contributed by atoms with E-state index in [1.807, 2.05) is 21.1 Å². The van der Waals surface area contributed by atoms with Crippen molar-refractivity contribution in [1.82, 2.24) is 0 Å². The lowest BCUT2D eigenvalue weighted by atomic mass is 10.0. The number of rotatable bonds is 53. The monoisotopic (exact) mass is 973 g/mol. The van der Waals surface area contributed by atoms with E-state index in [2.05, 4.69) is 62.5 Å². The minimum atomic E-state index is -1.52. The van der Waals surface area contributed by atoms with E-state index in [1.54, 1.807) is 0 Å². The Balaban J connectivity index is 4.07. The van der Waals surface area contributed by atoms with Gasteiger partial charge in [0.1, 0.15) is 13.2 Å². The zero-order valence-electron chi connectivity index (χ0n) is 45.7. The summed E-state index contributed by atoms with van der Waals surface area (Å²) >= 11 is 0. The molecule has 9 heteroatoms. The van der Waals surface area contributed by atoms with Gasteiger partial charge in [-0.3, -0.25) is 9.59 Å². The summed E-state index contributed by atoms with van der Waals surface area (Å²) in [5.41, 5.74) is 0. The van der Waals surface area contributed by atoms with Crippen LogP contribution in [-0.4, -0.2) is 87.4 Å². The third kappa shape index (κ3) is 52.9. The molecule has 0 saturated heterocycles. The first kappa shape index (κ1) is 66.2. The van der Waals surface area contributed by atoms with Gasteiger partial charge in [0, 0.05) is 12.8 Å². The number of hydrogen-bond donors (Lipinski definition) is 1. The summed E-state index contributed by atoms with van der Waals surface area (Å²) in [6.45, 7) is 4.74. The number of carboxylic acid groups (broad SMARTS) is 1. The number of ether oxygens (including phenoxy) is 4. The number of quaternary nitrogens is 1. The molecule has 0 rings (SSSR count). The Kier molecular flexibility index (Phi) is 49.5. The highest BCUT2D eigenvalue weighted by atomic mass is 16.7. The first-order valence-corrected chi connectivity index (χ1v) is 28.8. The van der Waals surface area contributed by atoms with Crippen LogP contribution < -0.4 is 0 Å². The summed E-state index contributed by atoms with van der Waals surface area (Å²) in [7, 11) is 5.95. The van der Waals surface area contributed by atoms with Gasteiger partial charge in [-0.15, -0.1) is 0 Å². The molecule has 2 atom stereocenters. The molecule has 0 aliphatic rings. The lowest BCUT2D eigenvalue weighted by Gasteiger charge is -2.25. The van der Waals surface area contributed by atoms with Gasteiger partial charge in [0.15, 0.2) is 6.10 Å². The molecular formula is C60H110NO8+. The Hall–Kier alpha value is -2.75. The maximum absolute atomic E-state index is 12.8. The number of esters is 2. The molecule has 0 spiro atoms. The molecule has 9 nitrogen and oxygen atoms in total. The van der Waals surface area contributed by atoms with E-state index in [9.17, 15) is 19.5 Å². The van der Waals surface area contributed by atoms with Gasteiger partial charge in [0.25, 0.3) is 6.29 Å². The van der Waals surface area contributed by atoms with Gasteiger partial charge < -0.3 is 28.5 Å². The van der Waals surface area contributed by atoms with Crippen LogP contribution in [0.3, 0.4) is 0 Å². The highest BCUT2D eigenvalue weighted by molar-refractivity contribution is 5.71. The number of carbonyl (C=O) groups excluding carboxylic acids is 2. The molecule has 0 aromatic heterocycles. The molecule has 0 heterocycles. The summed E-state index contributed by atoms with van der Waals surface area (Å²) in [6.07, 6.45) is 60.8. The van der Waals surface area contributed by atoms with Crippen LogP contribution in [-0.2, 0) is 33.3 Å². The molecule has 69 heavy (non-hydrogen) atoms. The van der Waals surface area contributed by atoms with Crippen molar-refractivity contribution in [3.8, 4) is 0 Å². The number of allylic oxidation sites excluding steroid dienone is 8. The van der Waals surface area contributed by atoms with Crippen LogP contribution in [0.1, 0.15) is 258 Å². The average molecular weight is 974 g/mol. The number of carboxylic acids is 1. The second-order valence-corrected chi connectivity index (χ2v) is 20.6. The van der Waals surface area contributed by atoms with Gasteiger partial charge in [-0.2, -0.15) is 0 Å². The number of unbranched alkanes of at least 4 members (excludes halogenated alkanes) is 30. The van der Waals surface area contributed by atoms with Gasteiger partial charge in [0.2, 0.25) is 0 Å². The average Bonchev–Trinajstić information content (AvgIpc) is 3.31. The van der Waals surface area contributed by atoms with E-state index >= 15 is 0 Å². The molecule has 2 unspecified atom stereocenters. The number of aliphatic carboxylic acids is 1. The van der Waals surface area contributed by atoms with Gasteiger partial charge in [-0.1, -0.05) is 223 Å². The second-order valence-electron chi connectivity index (χ2n) is 20.6. The van der Waals surface area contributed by atoms with Gasteiger partial charge >= 0.3 is 17.9 Å². The minimum Gasteiger partial charge on any atom is -0.477 e. The number of carbonyl (C=O) groups is 3. The summed E-state index contributed by atoms with van der Waals surface area (Å²) in [4.78, 5) is 37.3. The van der Waals surface area contributed by atoms with E-state index in [4.69, 9.17) is 18.9 Å². The molecule has 0 amide bonds. The first-order valence-electron chi connectivity index (χ1n) is 28.8. The molecule has 0 aliphatic heterocycles. The number of nitrogens with zero attached hydrogens (tertiary/aromatic N) is 1. The smallest absolute Gasteiger partial charge is 0.361 e. The third-order valence-electron chi connectivity index (χ3n) is 12.6. The highest BCUT2D eigenvalue weighted by Crippen LogP contribution is 2.17. The van der Waals surface area contributed by atoms with Crippen LogP contribution in [0.15, 0.2) is 48.6 Å². The zero-order valence-corrected chi connectivity index (χ0v) is 45.7. The standard InChI is InChI=1S/C60H109NO8/c1-6-8-10-12-14-16-18-20-21-22-23-24-25-26-27-28-29-30-31-32-33-34-35-36-37-39-40-42-44-46-48-50-57(62)67-54-56(55-68-60(59(64)65)66-53-52-61(3,4)5)69-58(63)51-49-47-45-43-41-38-19-17-15-13-11-9-7-2/h9,11,15,17,22-23,38,41,56,60H,6-8,10,12-14,16,18-21,24-37,39-40,42-55H2,1-5H3/p+1/b11-9-,17-15-,23-22-,41-38-. The van der Waals surface area contributed by atoms with E-state index in [0.717, 1.165) is 57.8 Å². The van der Waals surface area contributed by atoms with Crippen LogP contribution in [0.5, 0.6) is 0 Å². The molecule has 0 aromatic rings. The van der Waals surface area contributed by atoms with Crippen molar-refractivity contribution < 1.29 is 42.9 Å². The van der Waals surface area contributed by atoms with E-state index in [-0.39, 0.29) is 32.2 Å². The molecule has 0 saturated carbocycles. The van der Waals surface area contributed by atoms with Crippen molar-refractivity contribution >= 4 is 17.9 Å². The summed E-state index contributed by atoms with van der Waals surface area (Å²) < 4.78 is 22.8.